The molecule has 0 aliphatic carbocycles. The lowest BCUT2D eigenvalue weighted by atomic mass is 10.0. The SMILES string of the molecule is Cc1ccc(S(=O)(=O)C(c2ccccc2)c2ccccc2Br)cc1. The second kappa shape index (κ2) is 6.91. The van der Waals surface area contributed by atoms with Gasteiger partial charge < -0.3 is 0 Å². The first-order chi connectivity index (χ1) is 11.5. The van der Waals surface area contributed by atoms with Crippen LogP contribution < -0.4 is 0 Å². The zero-order chi connectivity index (χ0) is 17.2. The molecular weight excluding hydrogens is 384 g/mol. The Morgan fingerprint density at radius 1 is 0.792 bits per heavy atom. The van der Waals surface area contributed by atoms with E-state index in [2.05, 4.69) is 15.9 Å². The number of halogens is 1. The highest BCUT2D eigenvalue weighted by atomic mass is 79.9. The first-order valence-electron chi connectivity index (χ1n) is 7.60. The Hall–Kier alpha value is -1.91. The Balaban J connectivity index is 2.22. The van der Waals surface area contributed by atoms with Crippen molar-refractivity contribution in [1.29, 1.82) is 0 Å². The molecule has 24 heavy (non-hydrogen) atoms. The zero-order valence-electron chi connectivity index (χ0n) is 13.2. The van der Waals surface area contributed by atoms with Gasteiger partial charge in [0.1, 0.15) is 5.25 Å². The molecule has 0 spiro atoms. The predicted molar refractivity (Wildman–Crippen MR) is 101 cm³/mol. The molecule has 0 N–H and O–H groups in total. The highest BCUT2D eigenvalue weighted by Crippen LogP contribution is 2.38. The Morgan fingerprint density at radius 3 is 2.00 bits per heavy atom. The van der Waals surface area contributed by atoms with Gasteiger partial charge in [-0.2, -0.15) is 0 Å². The normalized spacial score (nSPS) is 12.8. The fourth-order valence-corrected chi connectivity index (χ4v) is 5.21. The molecule has 0 saturated carbocycles. The van der Waals surface area contributed by atoms with Gasteiger partial charge >= 0.3 is 0 Å². The minimum absolute atomic E-state index is 0.331. The Morgan fingerprint density at radius 2 is 1.38 bits per heavy atom. The Kier molecular flexibility index (Phi) is 4.88. The number of hydrogen-bond donors (Lipinski definition) is 0. The van der Waals surface area contributed by atoms with Crippen LogP contribution in [-0.4, -0.2) is 8.42 Å². The smallest absolute Gasteiger partial charge is 0.189 e. The quantitative estimate of drug-likeness (QED) is 0.593. The lowest BCUT2D eigenvalue weighted by molar-refractivity contribution is 0.589. The predicted octanol–water partition coefficient (Wildman–Crippen LogP) is 5.32. The summed E-state index contributed by atoms with van der Waals surface area (Å²) in [6, 6.07) is 23.8. The van der Waals surface area contributed by atoms with Gasteiger partial charge in [0, 0.05) is 4.47 Å². The Bertz CT molecular complexity index is 933. The molecule has 3 rings (SSSR count). The minimum Gasteiger partial charge on any atom is -0.223 e. The maximum Gasteiger partial charge on any atom is 0.189 e. The first kappa shape index (κ1) is 16.9. The molecule has 0 fully saturated rings. The van der Waals surface area contributed by atoms with Crippen LogP contribution in [0.1, 0.15) is 21.9 Å². The molecule has 0 amide bonds. The lowest BCUT2D eigenvalue weighted by Gasteiger charge is -2.20. The van der Waals surface area contributed by atoms with Gasteiger partial charge in [-0.25, -0.2) is 8.42 Å². The van der Waals surface area contributed by atoms with Crippen LogP contribution in [0, 0.1) is 6.92 Å². The van der Waals surface area contributed by atoms with Gasteiger partial charge in [-0.15, -0.1) is 0 Å². The van der Waals surface area contributed by atoms with Gasteiger partial charge in [-0.05, 0) is 36.2 Å². The highest BCUT2D eigenvalue weighted by molar-refractivity contribution is 9.10. The third-order valence-electron chi connectivity index (χ3n) is 3.95. The van der Waals surface area contributed by atoms with Crippen LogP contribution in [0.5, 0.6) is 0 Å². The van der Waals surface area contributed by atoms with Crippen molar-refractivity contribution in [3.05, 3.63) is 100 Å². The molecule has 0 aliphatic rings. The van der Waals surface area contributed by atoms with Crippen molar-refractivity contribution in [3.8, 4) is 0 Å². The molecule has 3 aromatic carbocycles. The van der Waals surface area contributed by atoms with Crippen molar-refractivity contribution in [2.24, 2.45) is 0 Å². The van der Waals surface area contributed by atoms with Gasteiger partial charge in [0.15, 0.2) is 9.84 Å². The molecule has 0 saturated heterocycles. The van der Waals surface area contributed by atoms with Crippen LogP contribution >= 0.6 is 15.9 Å². The van der Waals surface area contributed by atoms with Crippen molar-refractivity contribution in [1.82, 2.24) is 0 Å². The largest absolute Gasteiger partial charge is 0.223 e. The molecule has 3 aromatic rings. The fourth-order valence-electron chi connectivity index (χ4n) is 2.71. The average molecular weight is 401 g/mol. The monoisotopic (exact) mass is 400 g/mol. The van der Waals surface area contributed by atoms with E-state index in [4.69, 9.17) is 0 Å². The number of sulfone groups is 1. The van der Waals surface area contributed by atoms with Crippen LogP contribution in [0.25, 0.3) is 0 Å². The van der Waals surface area contributed by atoms with Crippen molar-refractivity contribution in [2.75, 3.05) is 0 Å². The summed E-state index contributed by atoms with van der Waals surface area (Å²) in [6.45, 7) is 1.94. The number of hydrogen-bond acceptors (Lipinski definition) is 2. The number of aryl methyl sites for hydroxylation is 1. The summed E-state index contributed by atoms with van der Waals surface area (Å²) in [4.78, 5) is 0.331. The summed E-state index contributed by atoms with van der Waals surface area (Å²) in [7, 11) is -3.58. The second-order valence-electron chi connectivity index (χ2n) is 5.67. The molecule has 0 radical (unpaired) electrons. The standard InChI is InChI=1S/C20H17BrO2S/c1-15-11-13-17(14-12-15)24(22,23)20(16-7-3-2-4-8-16)18-9-5-6-10-19(18)21/h2-14,20H,1H3. The van der Waals surface area contributed by atoms with E-state index in [1.807, 2.05) is 73.7 Å². The Labute approximate surface area is 151 Å². The van der Waals surface area contributed by atoms with Crippen LogP contribution in [0.15, 0.2) is 88.2 Å². The van der Waals surface area contributed by atoms with E-state index in [9.17, 15) is 8.42 Å². The van der Waals surface area contributed by atoms with E-state index in [0.29, 0.717) is 4.90 Å². The van der Waals surface area contributed by atoms with Crippen molar-refractivity contribution in [3.63, 3.8) is 0 Å². The van der Waals surface area contributed by atoms with E-state index in [0.717, 1.165) is 21.2 Å². The third kappa shape index (κ3) is 3.30. The van der Waals surface area contributed by atoms with Crippen molar-refractivity contribution >= 4 is 25.8 Å². The highest BCUT2D eigenvalue weighted by Gasteiger charge is 2.31. The average Bonchev–Trinajstić information content (AvgIpc) is 2.58. The summed E-state index contributed by atoms with van der Waals surface area (Å²) in [6.07, 6.45) is 0. The molecular formula is C20H17BrO2S. The van der Waals surface area contributed by atoms with Gasteiger partial charge in [-0.1, -0.05) is 82.2 Å². The summed E-state index contributed by atoms with van der Waals surface area (Å²) >= 11 is 3.51. The molecule has 1 atom stereocenters. The fraction of sp³-hybridized carbons (Fsp3) is 0.100. The summed E-state index contributed by atoms with van der Waals surface area (Å²) in [5, 5.41) is -0.753. The summed E-state index contributed by atoms with van der Waals surface area (Å²) in [5.41, 5.74) is 2.53. The van der Waals surface area contributed by atoms with Crippen LogP contribution in [0.4, 0.5) is 0 Å². The molecule has 0 bridgehead atoms. The number of benzene rings is 3. The molecule has 2 nitrogen and oxygen atoms in total. The topological polar surface area (TPSA) is 34.1 Å². The zero-order valence-corrected chi connectivity index (χ0v) is 15.6. The molecule has 0 aliphatic heterocycles. The van der Waals surface area contributed by atoms with Gasteiger partial charge in [0.05, 0.1) is 4.90 Å². The van der Waals surface area contributed by atoms with Crippen LogP contribution in [-0.2, 0) is 9.84 Å². The maximum atomic E-state index is 13.4. The second-order valence-corrected chi connectivity index (χ2v) is 8.56. The maximum absolute atomic E-state index is 13.4. The van der Waals surface area contributed by atoms with E-state index in [1.54, 1.807) is 12.1 Å². The van der Waals surface area contributed by atoms with Gasteiger partial charge in [0.2, 0.25) is 0 Å². The first-order valence-corrected chi connectivity index (χ1v) is 9.94. The molecule has 1 unspecified atom stereocenters. The van der Waals surface area contributed by atoms with Gasteiger partial charge in [0.25, 0.3) is 0 Å². The summed E-state index contributed by atoms with van der Waals surface area (Å²) < 4.78 is 27.5. The molecule has 0 heterocycles. The molecule has 0 aromatic heterocycles. The van der Waals surface area contributed by atoms with Crippen molar-refractivity contribution < 1.29 is 8.42 Å². The molecule has 4 heteroatoms. The minimum atomic E-state index is -3.58. The van der Waals surface area contributed by atoms with Gasteiger partial charge in [-0.3, -0.25) is 0 Å². The van der Waals surface area contributed by atoms with Crippen molar-refractivity contribution in [2.45, 2.75) is 17.1 Å². The van der Waals surface area contributed by atoms with E-state index in [1.165, 1.54) is 0 Å². The number of rotatable bonds is 4. The van der Waals surface area contributed by atoms with E-state index in [-0.39, 0.29) is 0 Å². The van der Waals surface area contributed by atoms with E-state index >= 15 is 0 Å². The summed E-state index contributed by atoms with van der Waals surface area (Å²) in [5.74, 6) is 0. The lowest BCUT2D eigenvalue weighted by Crippen LogP contribution is -2.16. The third-order valence-corrected chi connectivity index (χ3v) is 6.75. The van der Waals surface area contributed by atoms with Crippen LogP contribution in [0.2, 0.25) is 0 Å². The van der Waals surface area contributed by atoms with Crippen LogP contribution in [0.3, 0.4) is 0 Å². The van der Waals surface area contributed by atoms with E-state index < -0.39 is 15.1 Å². The molecule has 122 valence electrons.